The van der Waals surface area contributed by atoms with E-state index in [1.807, 2.05) is 55.5 Å². The van der Waals surface area contributed by atoms with Crippen LogP contribution in [0.2, 0.25) is 0 Å². The van der Waals surface area contributed by atoms with Crippen LogP contribution in [0.3, 0.4) is 0 Å². The quantitative estimate of drug-likeness (QED) is 0.730. The molecule has 2 atom stereocenters. The summed E-state index contributed by atoms with van der Waals surface area (Å²) in [5, 5.41) is 2.94. The summed E-state index contributed by atoms with van der Waals surface area (Å²) in [7, 11) is 3.22. The van der Waals surface area contributed by atoms with Gasteiger partial charge in [-0.2, -0.15) is 0 Å². The number of hydrogen-bond donors (Lipinski definition) is 1. The summed E-state index contributed by atoms with van der Waals surface area (Å²) in [6, 6.07) is 15.0. The summed E-state index contributed by atoms with van der Waals surface area (Å²) in [6.45, 7) is 2.90. The Balaban J connectivity index is 1.99. The minimum absolute atomic E-state index is 0.0237. The van der Waals surface area contributed by atoms with E-state index < -0.39 is 0 Å². The number of rotatable bonds is 7. The van der Waals surface area contributed by atoms with Gasteiger partial charge in [0.25, 0.3) is 0 Å². The normalized spacial score (nSPS) is 19.1. The van der Waals surface area contributed by atoms with E-state index in [2.05, 4.69) is 5.32 Å². The predicted octanol–water partition coefficient (Wildman–Crippen LogP) is 3.25. The lowest BCUT2D eigenvalue weighted by molar-refractivity contribution is -0.129. The fraction of sp³-hybridized carbons (Fsp3) is 0.391. The van der Waals surface area contributed by atoms with E-state index in [1.165, 1.54) is 0 Å². The Labute approximate surface area is 171 Å². The second-order valence-corrected chi connectivity index (χ2v) is 7.25. The van der Waals surface area contributed by atoms with Crippen molar-refractivity contribution >= 4 is 17.5 Å². The Hall–Kier alpha value is -2.86. The van der Waals surface area contributed by atoms with Gasteiger partial charge in [-0.1, -0.05) is 29.8 Å². The molecule has 6 nitrogen and oxygen atoms in total. The van der Waals surface area contributed by atoms with Crippen molar-refractivity contribution in [3.63, 3.8) is 0 Å². The molecular formula is C23H28N2O4. The van der Waals surface area contributed by atoms with Gasteiger partial charge in [-0.05, 0) is 43.2 Å². The van der Waals surface area contributed by atoms with Crippen LogP contribution in [0, 0.1) is 12.8 Å². The molecule has 0 radical (unpaired) electrons. The van der Waals surface area contributed by atoms with Gasteiger partial charge < -0.3 is 19.7 Å². The molecule has 0 aromatic heterocycles. The van der Waals surface area contributed by atoms with Crippen LogP contribution in [-0.2, 0) is 14.3 Å². The molecule has 3 rings (SSSR count). The molecule has 29 heavy (non-hydrogen) atoms. The van der Waals surface area contributed by atoms with E-state index >= 15 is 0 Å². The number of piperidine rings is 1. The molecule has 2 aromatic carbocycles. The van der Waals surface area contributed by atoms with E-state index in [4.69, 9.17) is 9.47 Å². The number of nitrogens with zero attached hydrogens (tertiary/aromatic N) is 1. The SMILES string of the molecule is COCCNC(=O)C1CCC(=O)N(c2ccc(C)cc2)C1c1ccc(OC)cc1. The lowest BCUT2D eigenvalue weighted by Gasteiger charge is -2.41. The molecule has 1 N–H and O–H groups in total. The van der Waals surface area contributed by atoms with Gasteiger partial charge in [0.2, 0.25) is 11.8 Å². The summed E-state index contributed by atoms with van der Waals surface area (Å²) >= 11 is 0. The Morgan fingerprint density at radius 3 is 2.41 bits per heavy atom. The van der Waals surface area contributed by atoms with Crippen LogP contribution in [0.15, 0.2) is 48.5 Å². The zero-order valence-electron chi connectivity index (χ0n) is 17.2. The molecule has 1 aliphatic heterocycles. The second kappa shape index (κ2) is 9.56. The number of amides is 2. The van der Waals surface area contributed by atoms with Crippen molar-refractivity contribution in [1.29, 1.82) is 0 Å². The maximum atomic E-state index is 13.0. The van der Waals surface area contributed by atoms with Crippen LogP contribution < -0.4 is 15.0 Å². The Bertz CT molecular complexity index is 833. The van der Waals surface area contributed by atoms with Crippen molar-refractivity contribution < 1.29 is 19.1 Å². The largest absolute Gasteiger partial charge is 0.497 e. The lowest BCUT2D eigenvalue weighted by atomic mass is 9.83. The number of ether oxygens (including phenoxy) is 2. The number of carbonyl (C=O) groups is 2. The Kier molecular flexibility index (Phi) is 6.88. The zero-order valence-corrected chi connectivity index (χ0v) is 17.2. The van der Waals surface area contributed by atoms with Gasteiger partial charge in [0.15, 0.2) is 0 Å². The third-order valence-electron chi connectivity index (χ3n) is 5.31. The Morgan fingerprint density at radius 2 is 1.79 bits per heavy atom. The highest BCUT2D eigenvalue weighted by molar-refractivity contribution is 5.97. The van der Waals surface area contributed by atoms with Crippen molar-refractivity contribution in [2.75, 3.05) is 32.3 Å². The number of methoxy groups -OCH3 is 2. The Morgan fingerprint density at radius 1 is 1.10 bits per heavy atom. The molecule has 0 saturated carbocycles. The molecule has 6 heteroatoms. The molecule has 1 saturated heterocycles. The second-order valence-electron chi connectivity index (χ2n) is 7.25. The molecule has 154 valence electrons. The van der Waals surface area contributed by atoms with E-state index in [0.29, 0.717) is 26.0 Å². The molecule has 1 aliphatic rings. The monoisotopic (exact) mass is 396 g/mol. The van der Waals surface area contributed by atoms with E-state index in [1.54, 1.807) is 19.1 Å². The van der Waals surface area contributed by atoms with Gasteiger partial charge in [0.1, 0.15) is 5.75 Å². The van der Waals surface area contributed by atoms with Crippen molar-refractivity contribution in [2.24, 2.45) is 5.92 Å². The van der Waals surface area contributed by atoms with Crippen LogP contribution >= 0.6 is 0 Å². The minimum atomic E-state index is -0.382. The highest BCUT2D eigenvalue weighted by Crippen LogP contribution is 2.40. The van der Waals surface area contributed by atoms with Gasteiger partial charge in [0.05, 0.1) is 25.7 Å². The van der Waals surface area contributed by atoms with Crippen LogP contribution in [0.5, 0.6) is 5.75 Å². The summed E-state index contributed by atoms with van der Waals surface area (Å²) < 4.78 is 10.3. The first-order valence-corrected chi connectivity index (χ1v) is 9.84. The first kappa shape index (κ1) is 20.9. The topological polar surface area (TPSA) is 67.9 Å². The van der Waals surface area contributed by atoms with E-state index in [9.17, 15) is 9.59 Å². The molecule has 0 bridgehead atoms. The van der Waals surface area contributed by atoms with Gasteiger partial charge in [-0.3, -0.25) is 9.59 Å². The average Bonchev–Trinajstić information content (AvgIpc) is 2.74. The summed E-state index contributed by atoms with van der Waals surface area (Å²) in [5.74, 6) is 0.348. The van der Waals surface area contributed by atoms with E-state index in [-0.39, 0.29) is 23.8 Å². The number of carbonyl (C=O) groups excluding carboxylic acids is 2. The highest BCUT2D eigenvalue weighted by Gasteiger charge is 2.41. The molecule has 2 amide bonds. The smallest absolute Gasteiger partial charge is 0.227 e. The number of anilines is 1. The van der Waals surface area contributed by atoms with Crippen molar-refractivity contribution in [3.8, 4) is 5.75 Å². The van der Waals surface area contributed by atoms with Crippen LogP contribution in [0.25, 0.3) is 0 Å². The molecule has 2 aromatic rings. The predicted molar refractivity (Wildman–Crippen MR) is 112 cm³/mol. The summed E-state index contributed by atoms with van der Waals surface area (Å²) in [6.07, 6.45) is 0.847. The maximum Gasteiger partial charge on any atom is 0.227 e. The number of nitrogens with one attached hydrogen (secondary N) is 1. The minimum Gasteiger partial charge on any atom is -0.497 e. The molecule has 1 fully saturated rings. The number of benzene rings is 2. The summed E-state index contributed by atoms with van der Waals surface area (Å²) in [4.78, 5) is 27.7. The molecule has 2 unspecified atom stereocenters. The van der Waals surface area contributed by atoms with Gasteiger partial charge in [0, 0.05) is 25.8 Å². The van der Waals surface area contributed by atoms with Gasteiger partial charge in [-0.15, -0.1) is 0 Å². The first-order valence-electron chi connectivity index (χ1n) is 9.84. The third kappa shape index (κ3) is 4.77. The highest BCUT2D eigenvalue weighted by atomic mass is 16.5. The fourth-order valence-corrected chi connectivity index (χ4v) is 3.77. The molecule has 0 aliphatic carbocycles. The zero-order chi connectivity index (χ0) is 20.8. The van der Waals surface area contributed by atoms with Crippen molar-refractivity contribution in [1.82, 2.24) is 5.32 Å². The van der Waals surface area contributed by atoms with Gasteiger partial charge in [-0.25, -0.2) is 0 Å². The van der Waals surface area contributed by atoms with Crippen LogP contribution in [-0.4, -0.2) is 39.2 Å². The molecule has 1 heterocycles. The third-order valence-corrected chi connectivity index (χ3v) is 5.31. The first-order chi connectivity index (χ1) is 14.0. The van der Waals surface area contributed by atoms with Crippen LogP contribution in [0.4, 0.5) is 5.69 Å². The fourth-order valence-electron chi connectivity index (χ4n) is 3.77. The average molecular weight is 396 g/mol. The molecule has 0 spiro atoms. The van der Waals surface area contributed by atoms with Crippen LogP contribution in [0.1, 0.15) is 30.0 Å². The standard InChI is InChI=1S/C23H28N2O4/c1-16-4-8-18(9-5-16)25-21(26)13-12-20(23(27)24-14-15-28-2)22(25)17-6-10-19(29-3)11-7-17/h4-11,20,22H,12-15H2,1-3H3,(H,24,27). The lowest BCUT2D eigenvalue weighted by Crippen LogP contribution is -2.48. The van der Waals surface area contributed by atoms with Crippen molar-refractivity contribution in [2.45, 2.75) is 25.8 Å². The number of aryl methyl sites for hydroxylation is 1. The van der Waals surface area contributed by atoms with Gasteiger partial charge >= 0.3 is 0 Å². The number of hydrogen-bond acceptors (Lipinski definition) is 4. The van der Waals surface area contributed by atoms with Crippen molar-refractivity contribution in [3.05, 3.63) is 59.7 Å². The van der Waals surface area contributed by atoms with E-state index in [0.717, 1.165) is 22.6 Å². The summed E-state index contributed by atoms with van der Waals surface area (Å²) in [5.41, 5.74) is 2.83. The maximum absolute atomic E-state index is 13.0. The molecular weight excluding hydrogens is 368 g/mol.